The van der Waals surface area contributed by atoms with E-state index in [1.807, 2.05) is 0 Å². The van der Waals surface area contributed by atoms with Crippen LogP contribution >= 0.6 is 0 Å². The molecule has 0 aliphatic heterocycles. The summed E-state index contributed by atoms with van der Waals surface area (Å²) in [4.78, 5) is 33.5. The van der Waals surface area contributed by atoms with Crippen molar-refractivity contribution >= 4 is 23.6 Å². The number of carboxylic acids is 1. The van der Waals surface area contributed by atoms with Crippen molar-refractivity contribution in [3.05, 3.63) is 53.1 Å². The van der Waals surface area contributed by atoms with Crippen LogP contribution in [0.5, 0.6) is 0 Å². The lowest BCUT2D eigenvalue weighted by Crippen LogP contribution is -2.24. The molecule has 90 valence electrons. The van der Waals surface area contributed by atoms with E-state index in [9.17, 15) is 14.4 Å². The molecular weight excluding hydrogens is 232 g/mol. The molecule has 1 N–H and O–H groups in total. The monoisotopic (exact) mass is 242 g/mol. The van der Waals surface area contributed by atoms with Gasteiger partial charge in [0, 0.05) is 23.6 Å². The number of carbonyl (C=O) groups is 3. The predicted molar refractivity (Wildman–Crippen MR) is 65.3 cm³/mol. The zero-order valence-corrected chi connectivity index (χ0v) is 9.47. The molecule has 1 aliphatic rings. The topological polar surface area (TPSA) is 71.4 Å². The van der Waals surface area contributed by atoms with Crippen molar-refractivity contribution in [1.29, 1.82) is 0 Å². The smallest absolute Gasteiger partial charge is 0.328 e. The van der Waals surface area contributed by atoms with Gasteiger partial charge in [0.1, 0.15) is 0 Å². The Morgan fingerprint density at radius 3 is 2.67 bits per heavy atom. The maximum atomic E-state index is 11.7. The van der Waals surface area contributed by atoms with Gasteiger partial charge in [-0.1, -0.05) is 24.8 Å². The molecule has 1 aliphatic carbocycles. The predicted octanol–water partition coefficient (Wildman–Crippen LogP) is 1.65. The molecule has 18 heavy (non-hydrogen) atoms. The maximum absolute atomic E-state index is 11.7. The first-order valence-electron chi connectivity index (χ1n) is 5.30. The minimum absolute atomic E-state index is 0.270. The summed E-state index contributed by atoms with van der Waals surface area (Å²) in [6.45, 7) is 3.57. The lowest BCUT2D eigenvalue weighted by molar-refractivity contribution is -0.131. The van der Waals surface area contributed by atoms with Gasteiger partial charge in [-0.3, -0.25) is 9.59 Å². The number of Topliss-reactive ketones (excluding diaryl/α,β-unsaturated/α-hetero) is 2. The summed E-state index contributed by atoms with van der Waals surface area (Å²) in [5.41, 5.74) is 2.02. The minimum atomic E-state index is -1.04. The maximum Gasteiger partial charge on any atom is 0.328 e. The van der Waals surface area contributed by atoms with Gasteiger partial charge in [-0.15, -0.1) is 0 Å². The van der Waals surface area contributed by atoms with E-state index >= 15 is 0 Å². The third-order valence-corrected chi connectivity index (χ3v) is 2.72. The van der Waals surface area contributed by atoms with Crippen LogP contribution < -0.4 is 0 Å². The van der Waals surface area contributed by atoms with Crippen LogP contribution in [0.25, 0.3) is 6.08 Å². The van der Waals surface area contributed by atoms with Crippen LogP contribution in [-0.4, -0.2) is 22.6 Å². The normalized spacial score (nSPS) is 15.0. The third kappa shape index (κ3) is 2.13. The number of hydrogen-bond acceptors (Lipinski definition) is 3. The van der Waals surface area contributed by atoms with Crippen molar-refractivity contribution in [2.24, 2.45) is 0 Å². The summed E-state index contributed by atoms with van der Waals surface area (Å²) in [6, 6.07) is 4.85. The Hall–Kier alpha value is -2.49. The van der Waals surface area contributed by atoms with Gasteiger partial charge in [-0.2, -0.15) is 0 Å². The highest BCUT2D eigenvalue weighted by Gasteiger charge is 2.27. The molecule has 1 aromatic carbocycles. The average molecular weight is 242 g/mol. The Bertz CT molecular complexity index is 608. The summed E-state index contributed by atoms with van der Waals surface area (Å²) >= 11 is 0. The van der Waals surface area contributed by atoms with Gasteiger partial charge in [-0.25, -0.2) is 4.79 Å². The number of hydrogen-bond donors (Lipinski definition) is 1. The molecule has 0 saturated heterocycles. The summed E-state index contributed by atoms with van der Waals surface area (Å²) < 4.78 is 0. The molecular formula is C14H10O4. The van der Waals surface area contributed by atoms with Crippen molar-refractivity contribution < 1.29 is 19.5 Å². The Morgan fingerprint density at radius 2 is 2.00 bits per heavy atom. The highest BCUT2D eigenvalue weighted by molar-refractivity contribution is 6.50. The molecule has 0 fully saturated rings. The first-order valence-corrected chi connectivity index (χ1v) is 5.30. The molecule has 4 nitrogen and oxygen atoms in total. The zero-order chi connectivity index (χ0) is 13.3. The van der Waals surface area contributed by atoms with Gasteiger partial charge >= 0.3 is 5.97 Å². The van der Waals surface area contributed by atoms with Gasteiger partial charge in [0.05, 0.1) is 0 Å². The second-order valence-corrected chi connectivity index (χ2v) is 4.03. The van der Waals surface area contributed by atoms with E-state index in [0.717, 1.165) is 6.08 Å². The largest absolute Gasteiger partial charge is 0.478 e. The van der Waals surface area contributed by atoms with Gasteiger partial charge < -0.3 is 5.11 Å². The third-order valence-electron chi connectivity index (χ3n) is 2.72. The second kappa shape index (κ2) is 4.41. The fourth-order valence-corrected chi connectivity index (χ4v) is 1.85. The number of allylic oxidation sites excluding steroid dienone is 1. The highest BCUT2D eigenvalue weighted by Crippen LogP contribution is 2.23. The molecule has 0 amide bonds. The Morgan fingerprint density at radius 1 is 1.28 bits per heavy atom. The lowest BCUT2D eigenvalue weighted by atomic mass is 9.86. The van der Waals surface area contributed by atoms with Gasteiger partial charge in [-0.05, 0) is 17.2 Å². The summed E-state index contributed by atoms with van der Waals surface area (Å²) in [5, 5.41) is 8.53. The molecule has 0 spiro atoms. The number of aliphatic carboxylic acids is 1. The molecule has 0 bridgehead atoms. The van der Waals surface area contributed by atoms with Crippen LogP contribution in [0.1, 0.15) is 21.5 Å². The van der Waals surface area contributed by atoms with Crippen LogP contribution in [0, 0.1) is 0 Å². The SMILES string of the molecule is C=C1Cc2cc(/C=C/C(=O)O)ccc2C(=O)C1=O. The lowest BCUT2D eigenvalue weighted by Gasteiger charge is -2.15. The van der Waals surface area contributed by atoms with Crippen molar-refractivity contribution in [3.63, 3.8) is 0 Å². The molecule has 4 heteroatoms. The molecule has 1 aromatic rings. The number of carbonyl (C=O) groups excluding carboxylic acids is 2. The Kier molecular flexibility index (Phi) is 2.93. The van der Waals surface area contributed by atoms with Crippen LogP contribution in [0.3, 0.4) is 0 Å². The van der Waals surface area contributed by atoms with E-state index in [-0.39, 0.29) is 5.57 Å². The fraction of sp³-hybridized carbons (Fsp3) is 0.0714. The zero-order valence-electron chi connectivity index (χ0n) is 9.47. The standard InChI is InChI=1S/C14H10O4/c1-8-6-10-7-9(3-5-12(15)16)2-4-11(10)14(18)13(8)17/h2-5,7H,1,6H2,(H,15,16)/b5-3+. The molecule has 0 aromatic heterocycles. The van der Waals surface area contributed by atoms with Crippen molar-refractivity contribution in [1.82, 2.24) is 0 Å². The Balaban J connectivity index is 2.42. The number of benzene rings is 1. The minimum Gasteiger partial charge on any atom is -0.478 e. The summed E-state index contributed by atoms with van der Waals surface area (Å²) in [5.74, 6) is -2.13. The van der Waals surface area contributed by atoms with Crippen molar-refractivity contribution in [2.45, 2.75) is 6.42 Å². The molecule has 0 heterocycles. The summed E-state index contributed by atoms with van der Waals surface area (Å²) in [7, 11) is 0. The van der Waals surface area contributed by atoms with E-state index in [1.165, 1.54) is 6.08 Å². The Labute approximate surface area is 103 Å². The van der Waals surface area contributed by atoms with Gasteiger partial charge in [0.2, 0.25) is 11.6 Å². The molecule has 0 saturated carbocycles. The van der Waals surface area contributed by atoms with E-state index in [4.69, 9.17) is 5.11 Å². The number of fused-ring (bicyclic) bond motifs is 1. The fourth-order valence-electron chi connectivity index (χ4n) is 1.85. The van der Waals surface area contributed by atoms with Crippen molar-refractivity contribution in [3.8, 4) is 0 Å². The molecule has 0 unspecified atom stereocenters. The quantitative estimate of drug-likeness (QED) is 0.632. The van der Waals surface area contributed by atoms with Crippen LogP contribution in [-0.2, 0) is 16.0 Å². The van der Waals surface area contributed by atoms with Gasteiger partial charge in [0.25, 0.3) is 0 Å². The number of rotatable bonds is 2. The molecule has 0 radical (unpaired) electrons. The number of ketones is 2. The van der Waals surface area contributed by atoms with Crippen molar-refractivity contribution in [2.75, 3.05) is 0 Å². The van der Waals surface area contributed by atoms with E-state index < -0.39 is 17.5 Å². The van der Waals surface area contributed by atoms with Gasteiger partial charge in [0.15, 0.2) is 0 Å². The highest BCUT2D eigenvalue weighted by atomic mass is 16.4. The first-order chi connectivity index (χ1) is 8.49. The number of carboxylic acid groups (broad SMARTS) is 1. The van der Waals surface area contributed by atoms with Crippen LogP contribution in [0.4, 0.5) is 0 Å². The van der Waals surface area contributed by atoms with E-state index in [1.54, 1.807) is 18.2 Å². The first kappa shape index (κ1) is 12.0. The van der Waals surface area contributed by atoms with Crippen LogP contribution in [0.2, 0.25) is 0 Å². The van der Waals surface area contributed by atoms with E-state index in [0.29, 0.717) is 23.1 Å². The van der Waals surface area contributed by atoms with Crippen LogP contribution in [0.15, 0.2) is 36.4 Å². The second-order valence-electron chi connectivity index (χ2n) is 4.03. The molecule has 2 rings (SSSR count). The average Bonchev–Trinajstić information content (AvgIpc) is 2.33. The van der Waals surface area contributed by atoms with E-state index in [2.05, 4.69) is 6.58 Å². The summed E-state index contributed by atoms with van der Waals surface area (Å²) in [6.07, 6.45) is 2.79. The molecule has 0 atom stereocenters.